The van der Waals surface area contributed by atoms with Crippen LogP contribution in [0.15, 0.2) is 0 Å². The minimum absolute atomic E-state index is 0. The maximum atomic E-state index is 4.83. The zero-order valence-electron chi connectivity index (χ0n) is 5.82. The third-order valence-corrected chi connectivity index (χ3v) is 0.408. The van der Waals surface area contributed by atoms with Gasteiger partial charge in [-0.25, -0.2) is 0 Å². The van der Waals surface area contributed by atoms with Crippen molar-refractivity contribution in [3.05, 3.63) is 0 Å². The standard InChI is InChI=1S/C4H10O.Li.H/c1-3-5-4-2;;/h3-4H2,1-2H3;;/q;+1;-1/i;;1+1. The predicted molar refractivity (Wildman–Crippen MR) is 23.3 cm³/mol. The van der Waals surface area contributed by atoms with Gasteiger partial charge in [0.25, 0.3) is 0 Å². The van der Waals surface area contributed by atoms with Crippen LogP contribution in [0.1, 0.15) is 15.3 Å². The number of hydrogen-bond acceptors (Lipinski definition) is 1. The molecule has 0 bridgehead atoms. The van der Waals surface area contributed by atoms with Crippen LogP contribution in [-0.4, -0.2) is 13.2 Å². The summed E-state index contributed by atoms with van der Waals surface area (Å²) in [5.74, 6) is 0. The molecule has 6 heavy (non-hydrogen) atoms. The second-order valence-corrected chi connectivity index (χ2v) is 0.781. The van der Waals surface area contributed by atoms with Gasteiger partial charge in [-0.15, -0.1) is 0 Å². The van der Waals surface area contributed by atoms with Gasteiger partial charge in [0.15, 0.2) is 0 Å². The average molecular weight is 83.1 g/mol. The smallest absolute Gasteiger partial charge is 1.00 e. The predicted octanol–water partition coefficient (Wildman–Crippen LogP) is -1.84. The zero-order chi connectivity index (χ0) is 4.12. The first-order chi connectivity index (χ1) is 2.41. The molecule has 0 N–H and O–H groups in total. The van der Waals surface area contributed by atoms with E-state index in [0.29, 0.717) is 0 Å². The molecular formula is C4H11LiO. The van der Waals surface area contributed by atoms with Gasteiger partial charge >= 0.3 is 18.9 Å². The molecular weight excluding hydrogens is 71.0 g/mol. The van der Waals surface area contributed by atoms with Crippen LogP contribution < -0.4 is 18.9 Å². The Labute approximate surface area is 52.7 Å². The summed E-state index contributed by atoms with van der Waals surface area (Å²) in [5.41, 5.74) is 0. The molecule has 0 radical (unpaired) electrons. The molecule has 1 nitrogen and oxygen atoms in total. The molecule has 0 saturated carbocycles. The van der Waals surface area contributed by atoms with Crippen molar-refractivity contribution in [2.24, 2.45) is 0 Å². The Morgan fingerprint density at radius 1 is 1.33 bits per heavy atom. The molecule has 0 aromatic heterocycles. The fraction of sp³-hybridized carbons (Fsp3) is 1.00. The minimum atomic E-state index is 0. The molecule has 0 atom stereocenters. The SMILES string of the molecule is CCOCC.[2H-].[Li+]. The van der Waals surface area contributed by atoms with E-state index in [9.17, 15) is 0 Å². The van der Waals surface area contributed by atoms with E-state index >= 15 is 0 Å². The first-order valence-corrected chi connectivity index (χ1v) is 1.99. The van der Waals surface area contributed by atoms with Gasteiger partial charge in [-0.2, -0.15) is 0 Å². The van der Waals surface area contributed by atoms with Gasteiger partial charge in [0.05, 0.1) is 0 Å². The van der Waals surface area contributed by atoms with Gasteiger partial charge in [-0.3, -0.25) is 0 Å². The normalized spacial score (nSPS) is 7.00. The molecule has 0 aliphatic rings. The van der Waals surface area contributed by atoms with Crippen molar-refractivity contribution in [2.45, 2.75) is 13.8 Å². The van der Waals surface area contributed by atoms with Crippen molar-refractivity contribution in [1.29, 1.82) is 0 Å². The van der Waals surface area contributed by atoms with Crippen LogP contribution in [0.25, 0.3) is 0 Å². The third kappa shape index (κ3) is 8.82. The summed E-state index contributed by atoms with van der Waals surface area (Å²) in [6.07, 6.45) is 0. The van der Waals surface area contributed by atoms with Crippen molar-refractivity contribution in [3.8, 4) is 0 Å². The number of ether oxygens (including phenoxy) is 1. The molecule has 0 spiro atoms. The quantitative estimate of drug-likeness (QED) is 0.356. The van der Waals surface area contributed by atoms with Crippen LogP contribution in [0.3, 0.4) is 0 Å². The summed E-state index contributed by atoms with van der Waals surface area (Å²) >= 11 is 0. The van der Waals surface area contributed by atoms with Gasteiger partial charge in [0.2, 0.25) is 0 Å². The number of rotatable bonds is 2. The van der Waals surface area contributed by atoms with Crippen molar-refractivity contribution >= 4 is 0 Å². The maximum Gasteiger partial charge on any atom is 1.00 e. The van der Waals surface area contributed by atoms with Gasteiger partial charge in [0.1, 0.15) is 0 Å². The van der Waals surface area contributed by atoms with Crippen LogP contribution in [0.2, 0.25) is 0 Å². The fourth-order valence-electron chi connectivity index (χ4n) is 0.204. The summed E-state index contributed by atoms with van der Waals surface area (Å²) in [6, 6.07) is 0. The second-order valence-electron chi connectivity index (χ2n) is 0.781. The zero-order valence-corrected chi connectivity index (χ0v) is 4.82. The Bertz CT molecular complexity index is 19.2. The van der Waals surface area contributed by atoms with Gasteiger partial charge in [-0.05, 0) is 13.8 Å². The molecule has 0 aromatic carbocycles. The van der Waals surface area contributed by atoms with E-state index in [1.807, 2.05) is 13.8 Å². The Hall–Kier alpha value is 0.557. The van der Waals surface area contributed by atoms with Gasteiger partial charge in [0, 0.05) is 13.2 Å². The van der Waals surface area contributed by atoms with Crippen molar-refractivity contribution in [2.75, 3.05) is 13.2 Å². The Morgan fingerprint density at radius 3 is 1.67 bits per heavy atom. The van der Waals surface area contributed by atoms with Gasteiger partial charge in [-0.1, -0.05) is 0 Å². The topological polar surface area (TPSA) is 9.23 Å². The van der Waals surface area contributed by atoms with E-state index in [1.165, 1.54) is 0 Å². The molecule has 0 rings (SSSR count). The minimum Gasteiger partial charge on any atom is -1.00 e. The van der Waals surface area contributed by atoms with E-state index < -0.39 is 0 Å². The fourth-order valence-corrected chi connectivity index (χ4v) is 0.204. The average Bonchev–Trinajstić information content (AvgIpc) is 1.41. The Balaban J connectivity index is -0.0000000800. The second kappa shape index (κ2) is 9.12. The van der Waals surface area contributed by atoms with E-state index in [1.54, 1.807) is 0 Å². The molecule has 0 heterocycles. The van der Waals surface area contributed by atoms with Crippen LogP contribution in [0.4, 0.5) is 0 Å². The van der Waals surface area contributed by atoms with E-state index in [-0.39, 0.29) is 20.3 Å². The first-order valence-electron chi connectivity index (χ1n) is 1.99. The van der Waals surface area contributed by atoms with E-state index in [4.69, 9.17) is 4.74 Å². The summed E-state index contributed by atoms with van der Waals surface area (Å²) in [4.78, 5) is 0. The molecule has 0 unspecified atom stereocenters. The molecule has 0 aliphatic heterocycles. The molecule has 0 amide bonds. The molecule has 34 valence electrons. The molecule has 0 saturated heterocycles. The van der Waals surface area contributed by atoms with Crippen LogP contribution in [-0.2, 0) is 4.74 Å². The Kier molecular flexibility index (Phi) is 14.8. The first kappa shape index (κ1) is 9.75. The monoisotopic (exact) mass is 83.1 g/mol. The summed E-state index contributed by atoms with van der Waals surface area (Å²) in [7, 11) is 0. The van der Waals surface area contributed by atoms with E-state index in [2.05, 4.69) is 0 Å². The molecule has 0 aliphatic carbocycles. The van der Waals surface area contributed by atoms with E-state index in [0.717, 1.165) is 13.2 Å². The summed E-state index contributed by atoms with van der Waals surface area (Å²) < 4.78 is 4.83. The molecule has 2 heteroatoms. The largest absolute Gasteiger partial charge is 1.00 e. The summed E-state index contributed by atoms with van der Waals surface area (Å²) in [6.45, 7) is 5.67. The van der Waals surface area contributed by atoms with Crippen LogP contribution in [0, 0.1) is 0 Å². The molecule has 0 fully saturated rings. The third-order valence-electron chi connectivity index (χ3n) is 0.408. The maximum absolute atomic E-state index is 4.83. The Morgan fingerprint density at radius 2 is 1.67 bits per heavy atom. The van der Waals surface area contributed by atoms with Crippen molar-refractivity contribution in [1.82, 2.24) is 0 Å². The van der Waals surface area contributed by atoms with Gasteiger partial charge < -0.3 is 6.16 Å². The van der Waals surface area contributed by atoms with Crippen molar-refractivity contribution < 1.29 is 25.0 Å². The van der Waals surface area contributed by atoms with Crippen LogP contribution >= 0.6 is 0 Å². The van der Waals surface area contributed by atoms with Crippen molar-refractivity contribution in [3.63, 3.8) is 0 Å². The molecule has 0 aromatic rings. The van der Waals surface area contributed by atoms with Crippen LogP contribution in [0.5, 0.6) is 0 Å². The summed E-state index contributed by atoms with van der Waals surface area (Å²) in [5, 5.41) is 0. The number of hydrogen-bond donors (Lipinski definition) is 0.